The third-order valence-electron chi connectivity index (χ3n) is 5.33. The average Bonchev–Trinajstić information content (AvgIpc) is 3.17. The van der Waals surface area contributed by atoms with Crippen LogP contribution in [0.5, 0.6) is 0 Å². The summed E-state index contributed by atoms with van der Waals surface area (Å²) in [6.45, 7) is 3.79. The zero-order chi connectivity index (χ0) is 18.1. The van der Waals surface area contributed by atoms with Crippen molar-refractivity contribution in [1.29, 1.82) is 0 Å². The first-order valence-electron chi connectivity index (χ1n) is 9.07. The number of thiophene rings is 1. The Kier molecular flexibility index (Phi) is 4.78. The van der Waals surface area contributed by atoms with Gasteiger partial charge in [0.25, 0.3) is 0 Å². The highest BCUT2D eigenvalue weighted by atomic mass is 32.1. The lowest BCUT2D eigenvalue weighted by atomic mass is 9.92. The Morgan fingerprint density at radius 2 is 2.00 bits per heavy atom. The Morgan fingerprint density at radius 3 is 2.77 bits per heavy atom. The van der Waals surface area contributed by atoms with E-state index in [9.17, 15) is 9.59 Å². The average molecular weight is 369 g/mol. The Bertz CT molecular complexity index is 805. The van der Waals surface area contributed by atoms with Gasteiger partial charge in [0.05, 0.1) is 12.6 Å². The van der Waals surface area contributed by atoms with Gasteiger partial charge in [0.2, 0.25) is 5.91 Å². The molecule has 2 saturated heterocycles. The van der Waals surface area contributed by atoms with Crippen LogP contribution in [0.4, 0.5) is 4.79 Å². The molecule has 2 unspecified atom stereocenters. The van der Waals surface area contributed by atoms with Gasteiger partial charge in [-0.15, -0.1) is 11.3 Å². The predicted molar refractivity (Wildman–Crippen MR) is 102 cm³/mol. The molecule has 0 aliphatic carbocycles. The van der Waals surface area contributed by atoms with Crippen molar-refractivity contribution < 1.29 is 9.59 Å². The van der Waals surface area contributed by atoms with Gasteiger partial charge >= 0.3 is 6.03 Å². The van der Waals surface area contributed by atoms with Crippen molar-refractivity contribution in [3.63, 3.8) is 0 Å². The van der Waals surface area contributed by atoms with E-state index in [1.807, 2.05) is 34.5 Å². The molecule has 0 radical (unpaired) electrons. The smallest absolute Gasteiger partial charge is 0.315 e. The number of urea groups is 1. The molecule has 26 heavy (non-hydrogen) atoms. The maximum atomic E-state index is 13.2. The topological polar surface area (TPSA) is 52.7 Å². The lowest BCUT2D eigenvalue weighted by molar-refractivity contribution is -0.137. The van der Waals surface area contributed by atoms with Crippen molar-refractivity contribution in [2.75, 3.05) is 6.54 Å². The molecule has 2 aliphatic rings. The number of nitrogens with one attached hydrogen (secondary N) is 1. The third kappa shape index (κ3) is 3.15. The van der Waals surface area contributed by atoms with Gasteiger partial charge in [-0.2, -0.15) is 0 Å². The molecule has 3 heterocycles. The molecule has 136 valence electrons. The number of carbonyl (C=O) groups excluding carboxylic acids is 2. The number of rotatable bonds is 4. The van der Waals surface area contributed by atoms with Crippen LogP contribution in [0, 0.1) is 6.92 Å². The summed E-state index contributed by atoms with van der Waals surface area (Å²) in [5.41, 5.74) is 2.30. The first kappa shape index (κ1) is 17.2. The number of carbonyl (C=O) groups is 2. The van der Waals surface area contributed by atoms with Gasteiger partial charge in [-0.05, 0) is 48.9 Å². The van der Waals surface area contributed by atoms with Crippen LogP contribution in [0.2, 0.25) is 0 Å². The van der Waals surface area contributed by atoms with Crippen LogP contribution in [-0.4, -0.2) is 40.4 Å². The van der Waals surface area contributed by atoms with Crippen LogP contribution in [0.25, 0.3) is 0 Å². The summed E-state index contributed by atoms with van der Waals surface area (Å²) in [5.74, 6) is -0.0888. The number of fused-ring (bicyclic) bond motifs is 1. The zero-order valence-electron chi connectivity index (χ0n) is 14.9. The molecule has 2 atom stereocenters. The quantitative estimate of drug-likeness (QED) is 0.901. The van der Waals surface area contributed by atoms with Gasteiger partial charge in [-0.25, -0.2) is 4.79 Å². The second kappa shape index (κ2) is 7.21. The van der Waals surface area contributed by atoms with Gasteiger partial charge in [0.1, 0.15) is 6.04 Å². The van der Waals surface area contributed by atoms with E-state index in [0.29, 0.717) is 13.1 Å². The molecule has 4 rings (SSSR count). The van der Waals surface area contributed by atoms with Crippen molar-refractivity contribution in [3.8, 4) is 0 Å². The van der Waals surface area contributed by atoms with Crippen molar-refractivity contribution in [2.45, 2.75) is 44.9 Å². The number of imide groups is 1. The Morgan fingerprint density at radius 1 is 1.15 bits per heavy atom. The van der Waals surface area contributed by atoms with Crippen LogP contribution in [0.15, 0.2) is 41.8 Å². The summed E-state index contributed by atoms with van der Waals surface area (Å²) in [4.78, 5) is 30.6. The van der Waals surface area contributed by atoms with E-state index in [1.165, 1.54) is 10.5 Å². The van der Waals surface area contributed by atoms with Gasteiger partial charge in [-0.1, -0.05) is 30.3 Å². The lowest BCUT2D eigenvalue weighted by Crippen LogP contribution is -2.68. The molecule has 0 spiro atoms. The molecule has 0 bridgehead atoms. The summed E-state index contributed by atoms with van der Waals surface area (Å²) >= 11 is 1.57. The number of benzene rings is 1. The van der Waals surface area contributed by atoms with Crippen LogP contribution < -0.4 is 5.32 Å². The molecule has 1 aromatic carbocycles. The molecule has 3 amide bonds. The summed E-state index contributed by atoms with van der Waals surface area (Å²) in [6.07, 6.45) is 1.85. The predicted octanol–water partition coefficient (Wildman–Crippen LogP) is 3.14. The van der Waals surface area contributed by atoms with Gasteiger partial charge in [0, 0.05) is 11.4 Å². The molecular formula is C20H23N3O2S. The number of hydrogen-bond donors (Lipinski definition) is 1. The highest BCUT2D eigenvalue weighted by Crippen LogP contribution is 2.28. The maximum Gasteiger partial charge on any atom is 0.327 e. The van der Waals surface area contributed by atoms with Crippen LogP contribution in [0.1, 0.15) is 28.8 Å². The third-order valence-corrected chi connectivity index (χ3v) is 6.19. The summed E-state index contributed by atoms with van der Waals surface area (Å²) in [7, 11) is 0. The SMILES string of the molecule is Cc1ccccc1CN1C(=O)N(Cc2cccs2)C(=O)C2NCCCC21. The standard InChI is InChI=1S/C20H23N3O2S/c1-14-6-2-3-7-15(14)12-22-17-9-4-10-21-18(17)19(24)23(20(22)25)13-16-8-5-11-26-16/h2-3,5-8,11,17-18,21H,4,9-10,12-13H2,1H3. The van der Waals surface area contributed by atoms with Crippen molar-refractivity contribution in [1.82, 2.24) is 15.1 Å². The van der Waals surface area contributed by atoms with Gasteiger partial charge in [0.15, 0.2) is 0 Å². The number of amides is 3. The zero-order valence-corrected chi connectivity index (χ0v) is 15.7. The van der Waals surface area contributed by atoms with Crippen molar-refractivity contribution in [2.24, 2.45) is 0 Å². The minimum atomic E-state index is -0.301. The van der Waals surface area contributed by atoms with Crippen molar-refractivity contribution >= 4 is 23.3 Å². The molecule has 1 aromatic heterocycles. The monoisotopic (exact) mass is 369 g/mol. The number of hydrogen-bond acceptors (Lipinski definition) is 4. The first-order valence-corrected chi connectivity index (χ1v) is 9.95. The van der Waals surface area contributed by atoms with Crippen molar-refractivity contribution in [3.05, 3.63) is 57.8 Å². The Labute approximate surface area is 157 Å². The van der Waals surface area contributed by atoms with Crippen LogP contribution >= 0.6 is 11.3 Å². The maximum absolute atomic E-state index is 13.2. The number of piperidine rings is 1. The van der Waals surface area contributed by atoms with Crippen LogP contribution in [-0.2, 0) is 17.9 Å². The molecule has 1 N–H and O–H groups in total. The Balaban J connectivity index is 1.64. The summed E-state index contributed by atoms with van der Waals surface area (Å²) in [5, 5.41) is 5.32. The number of nitrogens with zero attached hydrogens (tertiary/aromatic N) is 2. The highest BCUT2D eigenvalue weighted by molar-refractivity contribution is 7.09. The summed E-state index contributed by atoms with van der Waals surface area (Å²) < 4.78 is 0. The highest BCUT2D eigenvalue weighted by Gasteiger charge is 2.47. The van der Waals surface area contributed by atoms with E-state index in [4.69, 9.17) is 0 Å². The van der Waals surface area contributed by atoms with E-state index in [-0.39, 0.29) is 24.0 Å². The normalized spacial score (nSPS) is 23.3. The van der Waals surface area contributed by atoms with Gasteiger partial charge < -0.3 is 10.2 Å². The number of aryl methyl sites for hydroxylation is 1. The molecule has 0 saturated carbocycles. The minimum absolute atomic E-state index is 0.0667. The van der Waals surface area contributed by atoms with E-state index in [1.54, 1.807) is 11.3 Å². The molecule has 5 nitrogen and oxygen atoms in total. The van der Waals surface area contributed by atoms with E-state index in [2.05, 4.69) is 24.4 Å². The fourth-order valence-corrected chi connectivity index (χ4v) is 4.57. The van der Waals surface area contributed by atoms with Crippen LogP contribution in [0.3, 0.4) is 0 Å². The lowest BCUT2D eigenvalue weighted by Gasteiger charge is -2.47. The van der Waals surface area contributed by atoms with E-state index < -0.39 is 0 Å². The van der Waals surface area contributed by atoms with E-state index >= 15 is 0 Å². The largest absolute Gasteiger partial charge is 0.327 e. The molecule has 2 aliphatic heterocycles. The second-order valence-corrected chi connectivity index (χ2v) is 8.01. The second-order valence-electron chi connectivity index (χ2n) is 6.98. The molecule has 2 aromatic rings. The minimum Gasteiger partial charge on any atom is -0.315 e. The molecule has 2 fully saturated rings. The first-order chi connectivity index (χ1) is 12.6. The van der Waals surface area contributed by atoms with Gasteiger partial charge in [-0.3, -0.25) is 9.69 Å². The fourth-order valence-electron chi connectivity index (χ4n) is 3.88. The van der Waals surface area contributed by atoms with E-state index in [0.717, 1.165) is 29.8 Å². The summed E-state index contributed by atoms with van der Waals surface area (Å²) in [6, 6.07) is 11.5. The Hall–Kier alpha value is -2.18. The molecule has 6 heteroatoms. The molecular weight excluding hydrogens is 346 g/mol. The fraction of sp³-hybridized carbons (Fsp3) is 0.400.